The largest absolute Gasteiger partial charge is 0.388 e. The van der Waals surface area contributed by atoms with E-state index in [2.05, 4.69) is 0 Å². The molecule has 2 aromatic rings. The van der Waals surface area contributed by atoms with Crippen LogP contribution in [0.4, 0.5) is 5.69 Å². The molecule has 4 heteroatoms. The molecule has 1 heterocycles. The van der Waals surface area contributed by atoms with Crippen LogP contribution in [-0.4, -0.2) is 17.6 Å². The van der Waals surface area contributed by atoms with E-state index in [4.69, 9.17) is 11.6 Å². The lowest BCUT2D eigenvalue weighted by Crippen LogP contribution is -2.36. The van der Waals surface area contributed by atoms with Crippen molar-refractivity contribution in [2.24, 2.45) is 0 Å². The molecule has 1 unspecified atom stereocenters. The molecular weight excluding hydrogens is 286 g/mol. The summed E-state index contributed by atoms with van der Waals surface area (Å²) in [5, 5.41) is 10.7. The van der Waals surface area contributed by atoms with Gasteiger partial charge in [-0.2, -0.15) is 0 Å². The van der Waals surface area contributed by atoms with Crippen molar-refractivity contribution < 1.29 is 9.90 Å². The zero-order valence-corrected chi connectivity index (χ0v) is 12.5. The summed E-state index contributed by atoms with van der Waals surface area (Å²) in [7, 11) is 0. The number of aliphatic hydroxyl groups excluding tert-OH is 1. The van der Waals surface area contributed by atoms with Crippen LogP contribution in [0, 0.1) is 6.92 Å². The maximum absolute atomic E-state index is 12.7. The van der Waals surface area contributed by atoms with E-state index in [1.807, 2.05) is 31.2 Å². The van der Waals surface area contributed by atoms with E-state index in [1.54, 1.807) is 23.1 Å². The Kier molecular flexibility index (Phi) is 3.70. The summed E-state index contributed by atoms with van der Waals surface area (Å²) >= 11 is 5.99. The Morgan fingerprint density at radius 1 is 1.29 bits per heavy atom. The zero-order chi connectivity index (χ0) is 15.0. The summed E-state index contributed by atoms with van der Waals surface area (Å²) < 4.78 is 0. The first-order valence-corrected chi connectivity index (χ1v) is 7.30. The van der Waals surface area contributed by atoms with Crippen LogP contribution in [0.15, 0.2) is 42.5 Å². The van der Waals surface area contributed by atoms with Gasteiger partial charge in [0.25, 0.3) is 5.91 Å². The summed E-state index contributed by atoms with van der Waals surface area (Å²) in [6.45, 7) is 2.47. The van der Waals surface area contributed by atoms with Crippen molar-refractivity contribution in [1.29, 1.82) is 0 Å². The molecule has 3 rings (SSSR count). The molecule has 0 spiro atoms. The number of carbonyl (C=O) groups is 1. The van der Waals surface area contributed by atoms with Crippen LogP contribution in [0.25, 0.3) is 0 Å². The Morgan fingerprint density at radius 2 is 2.10 bits per heavy atom. The van der Waals surface area contributed by atoms with Gasteiger partial charge < -0.3 is 10.0 Å². The molecule has 0 aliphatic carbocycles. The van der Waals surface area contributed by atoms with Gasteiger partial charge in [0, 0.05) is 28.4 Å². The van der Waals surface area contributed by atoms with Gasteiger partial charge >= 0.3 is 0 Å². The summed E-state index contributed by atoms with van der Waals surface area (Å²) in [5.74, 6) is -0.0471. The fraction of sp³-hybridized carbons (Fsp3) is 0.235. The first kappa shape index (κ1) is 14.1. The van der Waals surface area contributed by atoms with Gasteiger partial charge in [-0.25, -0.2) is 0 Å². The van der Waals surface area contributed by atoms with Crippen LogP contribution in [0.2, 0.25) is 5.02 Å². The van der Waals surface area contributed by atoms with Gasteiger partial charge in [0.2, 0.25) is 0 Å². The van der Waals surface area contributed by atoms with Gasteiger partial charge in [-0.05, 0) is 43.7 Å². The minimum Gasteiger partial charge on any atom is -0.388 e. The van der Waals surface area contributed by atoms with Gasteiger partial charge in [0.1, 0.15) is 0 Å². The van der Waals surface area contributed by atoms with E-state index >= 15 is 0 Å². The van der Waals surface area contributed by atoms with Gasteiger partial charge in [-0.3, -0.25) is 4.79 Å². The van der Waals surface area contributed by atoms with E-state index in [-0.39, 0.29) is 5.91 Å². The minimum atomic E-state index is -0.569. The highest BCUT2D eigenvalue weighted by molar-refractivity contribution is 6.30. The number of fused-ring (bicyclic) bond motifs is 1. The van der Waals surface area contributed by atoms with Crippen LogP contribution in [0.1, 0.15) is 34.0 Å². The summed E-state index contributed by atoms with van der Waals surface area (Å²) in [4.78, 5) is 14.4. The molecule has 1 aliphatic rings. The third kappa shape index (κ3) is 2.67. The van der Waals surface area contributed by atoms with E-state index in [0.717, 1.165) is 16.8 Å². The van der Waals surface area contributed by atoms with Crippen LogP contribution < -0.4 is 4.90 Å². The Hall–Kier alpha value is -1.84. The Balaban J connectivity index is 2.01. The molecule has 0 aromatic heterocycles. The molecule has 1 aliphatic heterocycles. The van der Waals surface area contributed by atoms with E-state index in [0.29, 0.717) is 23.6 Å². The lowest BCUT2D eigenvalue weighted by Gasteiger charge is -2.32. The highest BCUT2D eigenvalue weighted by Gasteiger charge is 2.28. The summed E-state index contributed by atoms with van der Waals surface area (Å²) in [6.07, 6.45) is -0.0505. The topological polar surface area (TPSA) is 40.5 Å². The average Bonchev–Trinajstić information content (AvgIpc) is 2.47. The van der Waals surface area contributed by atoms with Gasteiger partial charge in [0.05, 0.1) is 6.10 Å². The van der Waals surface area contributed by atoms with E-state index in [9.17, 15) is 9.90 Å². The number of amides is 1. The van der Waals surface area contributed by atoms with E-state index < -0.39 is 6.10 Å². The molecule has 0 saturated carbocycles. The maximum Gasteiger partial charge on any atom is 0.258 e. The number of aryl methyl sites for hydroxylation is 1. The number of halogens is 1. The third-order valence-corrected chi connectivity index (χ3v) is 4.01. The second-order valence-corrected chi connectivity index (χ2v) is 5.77. The quantitative estimate of drug-likeness (QED) is 0.872. The molecule has 108 valence electrons. The van der Waals surface area contributed by atoms with Crippen LogP contribution >= 0.6 is 11.6 Å². The third-order valence-electron chi connectivity index (χ3n) is 3.78. The molecule has 0 bridgehead atoms. The average molecular weight is 302 g/mol. The van der Waals surface area contributed by atoms with Crippen molar-refractivity contribution in [3.05, 3.63) is 64.2 Å². The molecule has 1 amide bonds. The van der Waals surface area contributed by atoms with Crippen molar-refractivity contribution in [3.8, 4) is 0 Å². The van der Waals surface area contributed by atoms with Crippen LogP contribution in [-0.2, 0) is 0 Å². The molecule has 0 radical (unpaired) electrons. The monoisotopic (exact) mass is 301 g/mol. The Bertz CT molecular complexity index is 699. The van der Waals surface area contributed by atoms with Crippen molar-refractivity contribution in [3.63, 3.8) is 0 Å². The van der Waals surface area contributed by atoms with E-state index in [1.165, 1.54) is 0 Å². The fourth-order valence-corrected chi connectivity index (χ4v) is 2.89. The van der Waals surface area contributed by atoms with Crippen molar-refractivity contribution in [2.75, 3.05) is 11.4 Å². The van der Waals surface area contributed by atoms with Gasteiger partial charge in [-0.15, -0.1) is 0 Å². The highest BCUT2D eigenvalue weighted by atomic mass is 35.5. The standard InChI is InChI=1S/C17H16ClNO2/c1-11-3-2-4-12(9-11)17(21)19-8-7-16(20)14-10-13(18)5-6-15(14)19/h2-6,9-10,16,20H,7-8H2,1H3. The minimum absolute atomic E-state index is 0.0471. The highest BCUT2D eigenvalue weighted by Crippen LogP contribution is 2.36. The van der Waals surface area contributed by atoms with Crippen LogP contribution in [0.3, 0.4) is 0 Å². The molecule has 3 nitrogen and oxygen atoms in total. The molecule has 0 saturated heterocycles. The van der Waals surface area contributed by atoms with Crippen molar-refractivity contribution in [1.82, 2.24) is 0 Å². The summed E-state index contributed by atoms with van der Waals surface area (Å²) in [5.41, 5.74) is 3.17. The number of benzene rings is 2. The number of hydrogen-bond acceptors (Lipinski definition) is 2. The second kappa shape index (κ2) is 5.51. The molecule has 21 heavy (non-hydrogen) atoms. The number of rotatable bonds is 1. The van der Waals surface area contributed by atoms with Crippen molar-refractivity contribution in [2.45, 2.75) is 19.4 Å². The first-order valence-electron chi connectivity index (χ1n) is 6.92. The van der Waals surface area contributed by atoms with Gasteiger partial charge in [-0.1, -0.05) is 29.3 Å². The Labute approximate surface area is 128 Å². The SMILES string of the molecule is Cc1cccc(C(=O)N2CCC(O)c3cc(Cl)ccc32)c1. The molecule has 1 atom stereocenters. The summed E-state index contributed by atoms with van der Waals surface area (Å²) in [6, 6.07) is 12.8. The fourth-order valence-electron chi connectivity index (χ4n) is 2.71. The molecule has 1 N–H and O–H groups in total. The lowest BCUT2D eigenvalue weighted by atomic mass is 9.98. The zero-order valence-electron chi connectivity index (χ0n) is 11.7. The number of carbonyl (C=O) groups excluding carboxylic acids is 1. The predicted octanol–water partition coefficient (Wildman–Crippen LogP) is 3.73. The second-order valence-electron chi connectivity index (χ2n) is 5.33. The first-order chi connectivity index (χ1) is 10.1. The van der Waals surface area contributed by atoms with Gasteiger partial charge in [0.15, 0.2) is 0 Å². The molecule has 0 fully saturated rings. The number of anilines is 1. The molecular formula is C17H16ClNO2. The maximum atomic E-state index is 12.7. The lowest BCUT2D eigenvalue weighted by molar-refractivity contribution is 0.0970. The van der Waals surface area contributed by atoms with Crippen LogP contribution in [0.5, 0.6) is 0 Å². The number of nitrogens with zero attached hydrogens (tertiary/aromatic N) is 1. The number of hydrogen-bond donors (Lipinski definition) is 1. The van der Waals surface area contributed by atoms with Crippen molar-refractivity contribution >= 4 is 23.2 Å². The normalized spacial score (nSPS) is 17.5. The number of aliphatic hydroxyl groups is 1. The Morgan fingerprint density at radius 3 is 2.86 bits per heavy atom. The smallest absolute Gasteiger partial charge is 0.258 e. The predicted molar refractivity (Wildman–Crippen MR) is 83.9 cm³/mol. The molecule has 2 aromatic carbocycles.